The minimum Gasteiger partial charge on any atom is -0.496 e. The lowest BCUT2D eigenvalue weighted by atomic mass is 10.0. The molecule has 0 spiro atoms. The molecule has 6 nitrogen and oxygen atoms in total. The zero-order valence-electron chi connectivity index (χ0n) is 19.2. The van der Waals surface area contributed by atoms with Crippen LogP contribution in [0.5, 0.6) is 5.75 Å². The molecule has 2 aliphatic rings. The quantitative estimate of drug-likeness (QED) is 0.527. The van der Waals surface area contributed by atoms with Crippen LogP contribution in [-0.2, 0) is 9.59 Å². The van der Waals surface area contributed by atoms with Gasteiger partial charge in [-0.1, -0.05) is 36.4 Å². The van der Waals surface area contributed by atoms with Crippen LogP contribution in [0.2, 0.25) is 0 Å². The molecule has 34 heavy (non-hydrogen) atoms. The van der Waals surface area contributed by atoms with Crippen molar-refractivity contribution in [3.05, 3.63) is 90.1 Å². The maximum atomic E-state index is 13.6. The first kappa shape index (κ1) is 21.8. The first-order valence-electron chi connectivity index (χ1n) is 11.6. The van der Waals surface area contributed by atoms with Gasteiger partial charge in [-0.3, -0.25) is 9.59 Å². The average Bonchev–Trinajstić information content (AvgIpc) is 3.14. The minimum atomic E-state index is -0.391. The SMILES string of the molecule is COc1ccccc1C1=C(Nc2ccc(N3CCCCC3)cc2)C(=O)N(c2ccccc2)C1=O. The molecule has 1 N–H and O–H groups in total. The minimum absolute atomic E-state index is 0.240. The molecule has 3 aromatic rings. The van der Waals surface area contributed by atoms with Crippen LogP contribution in [0.3, 0.4) is 0 Å². The van der Waals surface area contributed by atoms with Crippen molar-refractivity contribution in [3.63, 3.8) is 0 Å². The van der Waals surface area contributed by atoms with Crippen LogP contribution >= 0.6 is 0 Å². The molecule has 0 unspecified atom stereocenters. The van der Waals surface area contributed by atoms with E-state index in [9.17, 15) is 9.59 Å². The first-order chi connectivity index (χ1) is 16.7. The van der Waals surface area contributed by atoms with Crippen LogP contribution in [0.1, 0.15) is 24.8 Å². The highest BCUT2D eigenvalue weighted by atomic mass is 16.5. The Morgan fingerprint density at radius 1 is 0.735 bits per heavy atom. The van der Waals surface area contributed by atoms with E-state index >= 15 is 0 Å². The number of amides is 2. The second kappa shape index (κ2) is 9.43. The number of carbonyl (C=O) groups excluding carboxylic acids is 2. The number of rotatable bonds is 6. The van der Waals surface area contributed by atoms with Gasteiger partial charge in [-0.05, 0) is 61.7 Å². The number of piperidine rings is 1. The molecule has 2 amide bonds. The van der Waals surface area contributed by atoms with E-state index in [-0.39, 0.29) is 11.6 Å². The van der Waals surface area contributed by atoms with E-state index in [1.165, 1.54) is 29.8 Å². The predicted octanol–water partition coefficient (Wildman–Crippen LogP) is 5.08. The van der Waals surface area contributed by atoms with E-state index in [4.69, 9.17) is 4.74 Å². The van der Waals surface area contributed by atoms with Crippen molar-refractivity contribution in [2.24, 2.45) is 0 Å². The largest absolute Gasteiger partial charge is 0.496 e. The Kier molecular flexibility index (Phi) is 6.04. The summed E-state index contributed by atoms with van der Waals surface area (Å²) in [5, 5.41) is 3.24. The normalized spacial score (nSPS) is 16.3. The van der Waals surface area contributed by atoms with Crippen molar-refractivity contribution in [2.75, 3.05) is 35.3 Å². The van der Waals surface area contributed by atoms with Gasteiger partial charge in [-0.25, -0.2) is 4.90 Å². The fourth-order valence-corrected chi connectivity index (χ4v) is 4.61. The van der Waals surface area contributed by atoms with E-state index in [2.05, 4.69) is 22.3 Å². The Morgan fingerprint density at radius 3 is 2.12 bits per heavy atom. The second-order valence-electron chi connectivity index (χ2n) is 8.45. The third kappa shape index (κ3) is 4.03. The average molecular weight is 454 g/mol. The molecule has 0 aromatic heterocycles. The topological polar surface area (TPSA) is 61.9 Å². The number of carbonyl (C=O) groups is 2. The van der Waals surface area contributed by atoms with Gasteiger partial charge in [-0.2, -0.15) is 0 Å². The Labute approximate surface area is 199 Å². The molecule has 1 saturated heterocycles. The third-order valence-electron chi connectivity index (χ3n) is 6.33. The number of hydrogen-bond donors (Lipinski definition) is 1. The molecule has 0 radical (unpaired) electrons. The molecule has 5 rings (SSSR count). The van der Waals surface area contributed by atoms with Crippen molar-refractivity contribution in [3.8, 4) is 5.75 Å². The lowest BCUT2D eigenvalue weighted by molar-refractivity contribution is -0.120. The van der Waals surface area contributed by atoms with Crippen LogP contribution in [-0.4, -0.2) is 32.0 Å². The number of imide groups is 1. The monoisotopic (exact) mass is 453 g/mol. The van der Waals surface area contributed by atoms with Gasteiger partial charge in [0.1, 0.15) is 11.4 Å². The van der Waals surface area contributed by atoms with Crippen molar-refractivity contribution in [1.29, 1.82) is 0 Å². The standard InChI is InChI=1S/C28H27N3O3/c1-34-24-13-7-6-12-23(24)25-26(28(33)31(27(25)32)22-10-4-2-5-11-22)29-20-14-16-21(17-15-20)30-18-8-3-9-19-30/h2,4-7,10-17,29H,3,8-9,18-19H2,1H3. The van der Waals surface area contributed by atoms with Crippen LogP contribution in [0.15, 0.2) is 84.6 Å². The van der Waals surface area contributed by atoms with E-state index in [1.807, 2.05) is 42.5 Å². The predicted molar refractivity (Wildman–Crippen MR) is 135 cm³/mol. The van der Waals surface area contributed by atoms with Gasteiger partial charge in [0.25, 0.3) is 11.8 Å². The number of nitrogens with one attached hydrogen (secondary N) is 1. The Hall–Kier alpha value is -4.06. The van der Waals surface area contributed by atoms with E-state index in [0.717, 1.165) is 18.8 Å². The molecule has 6 heteroatoms. The number of benzene rings is 3. The molecule has 0 aliphatic carbocycles. The number of ether oxygens (including phenoxy) is 1. The van der Waals surface area contributed by atoms with Crippen molar-refractivity contribution >= 4 is 34.4 Å². The molecular formula is C28H27N3O3. The van der Waals surface area contributed by atoms with Gasteiger partial charge >= 0.3 is 0 Å². The lowest BCUT2D eigenvalue weighted by Crippen LogP contribution is -2.32. The summed E-state index contributed by atoms with van der Waals surface area (Å²) >= 11 is 0. The summed E-state index contributed by atoms with van der Waals surface area (Å²) in [6.07, 6.45) is 3.70. The van der Waals surface area contributed by atoms with Crippen LogP contribution < -0.4 is 19.9 Å². The lowest BCUT2D eigenvalue weighted by Gasteiger charge is -2.28. The second-order valence-corrected chi connectivity index (χ2v) is 8.45. The van der Waals surface area contributed by atoms with Crippen molar-refractivity contribution < 1.29 is 14.3 Å². The molecule has 1 fully saturated rings. The molecule has 0 saturated carbocycles. The molecular weight excluding hydrogens is 426 g/mol. The first-order valence-corrected chi connectivity index (χ1v) is 11.6. The van der Waals surface area contributed by atoms with Gasteiger partial charge in [0.15, 0.2) is 0 Å². The van der Waals surface area contributed by atoms with Crippen LogP contribution in [0, 0.1) is 0 Å². The van der Waals surface area contributed by atoms with E-state index < -0.39 is 5.91 Å². The zero-order chi connectivity index (χ0) is 23.5. The summed E-state index contributed by atoms with van der Waals surface area (Å²) in [5.41, 5.74) is 3.56. The Morgan fingerprint density at radius 2 is 1.41 bits per heavy atom. The van der Waals surface area contributed by atoms with Crippen molar-refractivity contribution in [1.82, 2.24) is 0 Å². The smallest absolute Gasteiger partial charge is 0.282 e. The molecule has 0 atom stereocenters. The fraction of sp³-hybridized carbons (Fsp3) is 0.214. The zero-order valence-corrected chi connectivity index (χ0v) is 19.2. The Balaban J connectivity index is 1.52. The third-order valence-corrected chi connectivity index (χ3v) is 6.33. The highest BCUT2D eigenvalue weighted by Gasteiger charge is 2.41. The van der Waals surface area contributed by atoms with Crippen LogP contribution in [0.4, 0.5) is 17.1 Å². The number of nitrogens with zero attached hydrogens (tertiary/aromatic N) is 2. The highest BCUT2D eigenvalue weighted by Crippen LogP contribution is 2.37. The summed E-state index contributed by atoms with van der Waals surface area (Å²) in [6.45, 7) is 2.13. The van der Waals surface area contributed by atoms with E-state index in [1.54, 1.807) is 31.4 Å². The molecule has 172 valence electrons. The summed E-state index contributed by atoms with van der Waals surface area (Å²) in [6, 6.07) is 24.3. The number of methoxy groups -OCH3 is 1. The number of hydrogen-bond acceptors (Lipinski definition) is 5. The van der Waals surface area contributed by atoms with Gasteiger partial charge in [0.05, 0.1) is 18.4 Å². The summed E-state index contributed by atoms with van der Waals surface area (Å²) in [5.74, 6) is -0.237. The van der Waals surface area contributed by atoms with Gasteiger partial charge in [0, 0.05) is 30.0 Å². The molecule has 2 heterocycles. The Bertz CT molecular complexity index is 1230. The van der Waals surface area contributed by atoms with Gasteiger partial charge in [-0.15, -0.1) is 0 Å². The molecule has 0 bridgehead atoms. The van der Waals surface area contributed by atoms with Crippen LogP contribution in [0.25, 0.3) is 5.57 Å². The molecule has 3 aromatic carbocycles. The van der Waals surface area contributed by atoms with Gasteiger partial charge in [0.2, 0.25) is 0 Å². The number of para-hydroxylation sites is 2. The molecule has 2 aliphatic heterocycles. The summed E-state index contributed by atoms with van der Waals surface area (Å²) in [4.78, 5) is 30.7. The maximum absolute atomic E-state index is 13.6. The maximum Gasteiger partial charge on any atom is 0.282 e. The summed E-state index contributed by atoms with van der Waals surface area (Å²) < 4.78 is 5.51. The summed E-state index contributed by atoms with van der Waals surface area (Å²) in [7, 11) is 1.56. The number of anilines is 3. The highest BCUT2D eigenvalue weighted by molar-refractivity contribution is 6.46. The fourth-order valence-electron chi connectivity index (χ4n) is 4.61. The van der Waals surface area contributed by atoms with E-state index in [0.29, 0.717) is 22.6 Å². The van der Waals surface area contributed by atoms with Crippen molar-refractivity contribution in [2.45, 2.75) is 19.3 Å². The van der Waals surface area contributed by atoms with Gasteiger partial charge < -0.3 is 15.0 Å².